The van der Waals surface area contributed by atoms with Gasteiger partial charge in [0.25, 0.3) is 0 Å². The maximum atomic E-state index is 11.1. The van der Waals surface area contributed by atoms with Crippen molar-refractivity contribution in [3.8, 4) is 0 Å². The Labute approximate surface area is 189 Å². The zero-order valence-electron chi connectivity index (χ0n) is 19.1. The summed E-state index contributed by atoms with van der Waals surface area (Å²) in [5.41, 5.74) is 17.4. The summed E-state index contributed by atoms with van der Waals surface area (Å²) < 4.78 is 23.5. The van der Waals surface area contributed by atoms with Crippen LogP contribution in [0.2, 0.25) is 0 Å². The van der Waals surface area contributed by atoms with Crippen molar-refractivity contribution in [3.05, 3.63) is 0 Å². The molecule has 0 aromatic carbocycles. The van der Waals surface area contributed by atoms with Crippen LogP contribution in [0.4, 0.5) is 0 Å². The maximum Gasteiger partial charge on any atom is 0.185 e. The van der Waals surface area contributed by atoms with Crippen LogP contribution in [0.3, 0.4) is 0 Å². The molecule has 3 fully saturated rings. The van der Waals surface area contributed by atoms with E-state index in [-0.39, 0.29) is 18.8 Å². The minimum atomic E-state index is -1.28. The second kappa shape index (κ2) is 10.8. The van der Waals surface area contributed by atoms with E-state index in [1.54, 1.807) is 14.0 Å². The Kier molecular flexibility index (Phi) is 8.86. The fourth-order valence-electron chi connectivity index (χ4n) is 4.90. The van der Waals surface area contributed by atoms with Crippen molar-refractivity contribution in [1.82, 2.24) is 10.6 Å². The minimum Gasteiger partial charge on any atom is -0.388 e. The van der Waals surface area contributed by atoms with E-state index in [1.807, 2.05) is 7.05 Å². The van der Waals surface area contributed by atoms with Gasteiger partial charge in [-0.3, -0.25) is 0 Å². The average molecular weight is 464 g/mol. The van der Waals surface area contributed by atoms with Crippen molar-refractivity contribution in [2.24, 2.45) is 17.2 Å². The first kappa shape index (κ1) is 26.1. The second-order valence-corrected chi connectivity index (χ2v) is 9.47. The molecule has 0 amide bonds. The number of rotatable bonds is 7. The van der Waals surface area contributed by atoms with Crippen LogP contribution < -0.4 is 27.8 Å². The third-order valence-electron chi connectivity index (χ3n) is 6.72. The van der Waals surface area contributed by atoms with Gasteiger partial charge in [0.15, 0.2) is 12.6 Å². The number of aliphatic hydroxyl groups excluding tert-OH is 2. The first-order chi connectivity index (χ1) is 15.1. The van der Waals surface area contributed by atoms with Crippen molar-refractivity contribution in [1.29, 1.82) is 0 Å². The molecule has 11 N–H and O–H groups in total. The van der Waals surface area contributed by atoms with Gasteiger partial charge in [-0.1, -0.05) is 0 Å². The highest BCUT2D eigenvalue weighted by molar-refractivity contribution is 5.01. The van der Waals surface area contributed by atoms with Crippen molar-refractivity contribution in [2.45, 2.75) is 99.1 Å². The van der Waals surface area contributed by atoms with Gasteiger partial charge in [-0.2, -0.15) is 0 Å². The van der Waals surface area contributed by atoms with Gasteiger partial charge in [0, 0.05) is 18.6 Å². The lowest BCUT2D eigenvalue weighted by molar-refractivity contribution is -0.306. The quantitative estimate of drug-likeness (QED) is 0.184. The van der Waals surface area contributed by atoms with Gasteiger partial charge in [0.1, 0.15) is 30.0 Å². The van der Waals surface area contributed by atoms with Crippen molar-refractivity contribution in [2.75, 3.05) is 27.2 Å². The summed E-state index contributed by atoms with van der Waals surface area (Å²) >= 11 is 0. The molecule has 2 aliphatic heterocycles. The van der Waals surface area contributed by atoms with Crippen LogP contribution in [0.1, 0.15) is 26.2 Å². The molecule has 0 bridgehead atoms. The van der Waals surface area contributed by atoms with E-state index in [4.69, 9.17) is 36.1 Å². The van der Waals surface area contributed by atoms with E-state index in [0.717, 1.165) is 12.8 Å². The van der Waals surface area contributed by atoms with Crippen LogP contribution >= 0.6 is 0 Å². The smallest absolute Gasteiger partial charge is 0.185 e. The molecule has 12 heteroatoms. The molecule has 2 saturated heterocycles. The average Bonchev–Trinajstić information content (AvgIpc) is 2.72. The van der Waals surface area contributed by atoms with Gasteiger partial charge in [0.2, 0.25) is 0 Å². The minimum absolute atomic E-state index is 0.0480. The first-order valence-corrected chi connectivity index (χ1v) is 11.3. The van der Waals surface area contributed by atoms with Crippen molar-refractivity contribution in [3.63, 3.8) is 0 Å². The molecular formula is C20H41N5O7. The summed E-state index contributed by atoms with van der Waals surface area (Å²) in [6.07, 6.45) is -4.12. The first-order valence-electron chi connectivity index (χ1n) is 11.3. The topological polar surface area (TPSA) is 200 Å². The number of hydrogen-bond donors (Lipinski definition) is 8. The second-order valence-electron chi connectivity index (χ2n) is 9.47. The monoisotopic (exact) mass is 463 g/mol. The highest BCUT2D eigenvalue weighted by Crippen LogP contribution is 2.31. The van der Waals surface area contributed by atoms with Gasteiger partial charge < -0.3 is 62.1 Å². The number of likely N-dealkylation sites (N-methyl/N-ethyl adjacent to an activating group) is 2. The molecule has 0 radical (unpaired) electrons. The highest BCUT2D eigenvalue weighted by atomic mass is 16.7. The van der Waals surface area contributed by atoms with Crippen LogP contribution in [0.25, 0.3) is 0 Å². The van der Waals surface area contributed by atoms with E-state index in [9.17, 15) is 15.3 Å². The van der Waals surface area contributed by atoms with Crippen LogP contribution in [0.15, 0.2) is 0 Å². The summed E-state index contributed by atoms with van der Waals surface area (Å²) in [6, 6.07) is -2.20. The molecule has 0 spiro atoms. The van der Waals surface area contributed by atoms with Crippen LogP contribution in [0.5, 0.6) is 0 Å². The Hall–Kier alpha value is -0.480. The standard InChI is InChI=1S/C20H41N5O7/c1-20(28)8-29-19(14(27)17(20)25-3)32-16-12(23)6-11(22)15(13(16)26)31-18-10(21)5-4-9(30-18)7-24-2/h9-19,24-28H,4-8,21-23H2,1-3H3/t9-,10+,11-,12+,13-,14+,15+,16-,17+,18+,19+,20-/m1/s1. The van der Waals surface area contributed by atoms with E-state index in [0.29, 0.717) is 13.0 Å². The molecule has 12 nitrogen and oxygen atoms in total. The van der Waals surface area contributed by atoms with E-state index in [2.05, 4.69) is 10.6 Å². The number of aliphatic hydroxyl groups is 3. The normalized spacial score (nSPS) is 50.3. The van der Waals surface area contributed by atoms with Crippen molar-refractivity contribution < 1.29 is 34.3 Å². The number of hydrogen-bond acceptors (Lipinski definition) is 12. The van der Waals surface area contributed by atoms with E-state index >= 15 is 0 Å². The predicted molar refractivity (Wildman–Crippen MR) is 115 cm³/mol. The third-order valence-corrected chi connectivity index (χ3v) is 6.72. The Morgan fingerprint density at radius 1 is 0.969 bits per heavy atom. The van der Waals surface area contributed by atoms with Gasteiger partial charge >= 0.3 is 0 Å². The van der Waals surface area contributed by atoms with Crippen LogP contribution in [0, 0.1) is 0 Å². The molecule has 2 heterocycles. The highest BCUT2D eigenvalue weighted by Gasteiger charge is 2.50. The molecule has 3 aliphatic rings. The zero-order valence-corrected chi connectivity index (χ0v) is 19.1. The summed E-state index contributed by atoms with van der Waals surface area (Å²) in [7, 11) is 3.47. The molecule has 0 aromatic rings. The van der Waals surface area contributed by atoms with E-state index in [1.165, 1.54) is 0 Å². The SMILES string of the molecule is CNC[C@H]1CC[C@H](N)[C@H](O[C@@H]2[C@@H](O)[C@H](O[C@@H]3OC[C@@](C)(O)[C@@H](NC)[C@@H]3O)[C@@H](N)C[C@H]2N)O1. The summed E-state index contributed by atoms with van der Waals surface area (Å²) in [6.45, 7) is 2.16. The molecule has 1 saturated carbocycles. The maximum absolute atomic E-state index is 11.1. The number of nitrogens with one attached hydrogen (secondary N) is 2. The molecule has 3 rings (SSSR count). The predicted octanol–water partition coefficient (Wildman–Crippen LogP) is -3.72. The Morgan fingerprint density at radius 3 is 2.19 bits per heavy atom. The third kappa shape index (κ3) is 5.59. The fraction of sp³-hybridized carbons (Fsp3) is 1.00. The lowest BCUT2D eigenvalue weighted by Crippen LogP contribution is -2.68. The molecule has 1 aliphatic carbocycles. The van der Waals surface area contributed by atoms with Crippen LogP contribution in [-0.4, -0.2) is 115 Å². The lowest BCUT2D eigenvalue weighted by atomic mass is 9.84. The summed E-state index contributed by atoms with van der Waals surface area (Å²) in [5.74, 6) is 0. The molecule has 32 heavy (non-hydrogen) atoms. The Morgan fingerprint density at radius 2 is 1.59 bits per heavy atom. The molecule has 188 valence electrons. The van der Waals surface area contributed by atoms with Gasteiger partial charge in [0.05, 0.1) is 24.8 Å². The lowest BCUT2D eigenvalue weighted by Gasteiger charge is -2.48. The van der Waals surface area contributed by atoms with Crippen LogP contribution in [-0.2, 0) is 18.9 Å². The number of ether oxygens (including phenoxy) is 4. The Bertz CT molecular complexity index is 603. The van der Waals surface area contributed by atoms with Crippen molar-refractivity contribution >= 4 is 0 Å². The number of nitrogens with two attached hydrogens (primary N) is 3. The Balaban J connectivity index is 1.67. The van der Waals surface area contributed by atoms with Gasteiger partial charge in [-0.15, -0.1) is 0 Å². The molecule has 0 aromatic heterocycles. The van der Waals surface area contributed by atoms with Gasteiger partial charge in [-0.05, 0) is 40.3 Å². The molecule has 0 unspecified atom stereocenters. The molecular weight excluding hydrogens is 422 g/mol. The summed E-state index contributed by atoms with van der Waals surface area (Å²) in [5, 5.41) is 38.1. The largest absolute Gasteiger partial charge is 0.388 e. The summed E-state index contributed by atoms with van der Waals surface area (Å²) in [4.78, 5) is 0. The van der Waals surface area contributed by atoms with E-state index < -0.39 is 60.7 Å². The fourth-order valence-corrected chi connectivity index (χ4v) is 4.90. The molecule has 12 atom stereocenters. The zero-order chi connectivity index (χ0) is 23.6. The van der Waals surface area contributed by atoms with Gasteiger partial charge in [-0.25, -0.2) is 0 Å².